The zero-order valence-corrected chi connectivity index (χ0v) is 11.3. The van der Waals surface area contributed by atoms with E-state index in [0.29, 0.717) is 11.3 Å². The van der Waals surface area contributed by atoms with Gasteiger partial charge in [0.2, 0.25) is 0 Å². The summed E-state index contributed by atoms with van der Waals surface area (Å²) in [6, 6.07) is 3.57. The molecule has 96 valence electrons. The molecule has 0 bridgehead atoms. The molecular weight excluding hydrogens is 226 g/mol. The van der Waals surface area contributed by atoms with Crippen molar-refractivity contribution in [2.24, 2.45) is 7.05 Å². The molecule has 0 saturated heterocycles. The number of aromatic nitrogens is 3. The summed E-state index contributed by atoms with van der Waals surface area (Å²) in [5.41, 5.74) is 1.97. The van der Waals surface area contributed by atoms with E-state index in [9.17, 15) is 4.79 Å². The molecule has 0 aliphatic rings. The van der Waals surface area contributed by atoms with E-state index in [1.54, 1.807) is 31.7 Å². The molecule has 4 heteroatoms. The lowest BCUT2D eigenvalue weighted by molar-refractivity contribution is 0.861. The maximum Gasteiger partial charge on any atom is 0.259 e. The molecule has 0 fully saturated rings. The number of pyridine rings is 1. The van der Waals surface area contributed by atoms with Gasteiger partial charge in [-0.25, -0.2) is 0 Å². The van der Waals surface area contributed by atoms with Gasteiger partial charge in [0, 0.05) is 19.4 Å². The molecule has 0 aliphatic carbocycles. The van der Waals surface area contributed by atoms with Crippen LogP contribution >= 0.6 is 0 Å². The molecule has 0 aromatic carbocycles. The largest absolute Gasteiger partial charge is 0.318 e. The third-order valence-electron chi connectivity index (χ3n) is 2.18. The average molecular weight is 245 g/mol. The van der Waals surface area contributed by atoms with Gasteiger partial charge >= 0.3 is 0 Å². The maximum absolute atomic E-state index is 11.7. The van der Waals surface area contributed by atoms with E-state index in [4.69, 9.17) is 0 Å². The first-order valence-electron chi connectivity index (χ1n) is 6.04. The molecule has 0 N–H and O–H groups in total. The molecule has 0 spiro atoms. The van der Waals surface area contributed by atoms with Crippen LogP contribution in [0.15, 0.2) is 35.5 Å². The van der Waals surface area contributed by atoms with Crippen molar-refractivity contribution in [3.05, 3.63) is 46.8 Å². The van der Waals surface area contributed by atoms with Gasteiger partial charge in [0.25, 0.3) is 5.56 Å². The van der Waals surface area contributed by atoms with E-state index in [-0.39, 0.29) is 5.56 Å². The number of rotatable bonds is 1. The van der Waals surface area contributed by atoms with E-state index in [2.05, 4.69) is 23.8 Å². The van der Waals surface area contributed by atoms with Gasteiger partial charge < -0.3 is 4.57 Å². The van der Waals surface area contributed by atoms with Gasteiger partial charge in [-0.05, 0) is 19.1 Å². The third kappa shape index (κ3) is 3.52. The minimum Gasteiger partial charge on any atom is -0.318 e. The SMILES string of the molecule is CCC.Cc1cnc(-c2cccn(C)c2=O)cn1. The molecule has 18 heavy (non-hydrogen) atoms. The fraction of sp³-hybridized carbons (Fsp3) is 0.357. The molecule has 2 aromatic rings. The van der Waals surface area contributed by atoms with Crippen molar-refractivity contribution in [1.29, 1.82) is 0 Å². The Morgan fingerprint density at radius 3 is 2.44 bits per heavy atom. The van der Waals surface area contributed by atoms with Crippen molar-refractivity contribution in [1.82, 2.24) is 14.5 Å². The highest BCUT2D eigenvalue weighted by atomic mass is 16.1. The summed E-state index contributed by atoms with van der Waals surface area (Å²) in [7, 11) is 1.72. The van der Waals surface area contributed by atoms with E-state index >= 15 is 0 Å². The van der Waals surface area contributed by atoms with E-state index < -0.39 is 0 Å². The second-order valence-electron chi connectivity index (χ2n) is 4.09. The third-order valence-corrected chi connectivity index (χ3v) is 2.18. The first-order chi connectivity index (χ1) is 8.60. The van der Waals surface area contributed by atoms with Crippen LogP contribution in [0.3, 0.4) is 0 Å². The predicted octanol–water partition coefficient (Wildman–Crippen LogP) is 2.57. The Hall–Kier alpha value is -1.97. The number of aryl methyl sites for hydroxylation is 2. The highest BCUT2D eigenvalue weighted by molar-refractivity contribution is 5.56. The standard InChI is InChI=1S/C11H11N3O.C3H8/c1-8-6-13-10(7-12-8)9-4-3-5-14(2)11(9)15;1-3-2/h3-7H,1-2H3;3H2,1-2H3. The monoisotopic (exact) mass is 245 g/mol. The first-order valence-corrected chi connectivity index (χ1v) is 6.04. The maximum atomic E-state index is 11.7. The zero-order chi connectivity index (χ0) is 13.5. The molecule has 0 unspecified atom stereocenters. The van der Waals surface area contributed by atoms with Gasteiger partial charge in [0.1, 0.15) is 0 Å². The van der Waals surface area contributed by atoms with Gasteiger partial charge in [0.05, 0.1) is 23.1 Å². The highest BCUT2D eigenvalue weighted by Crippen LogP contribution is 2.09. The van der Waals surface area contributed by atoms with Gasteiger partial charge in [-0.3, -0.25) is 14.8 Å². The fourth-order valence-corrected chi connectivity index (χ4v) is 1.32. The molecule has 0 atom stereocenters. The van der Waals surface area contributed by atoms with Gasteiger partial charge in [-0.1, -0.05) is 20.3 Å². The van der Waals surface area contributed by atoms with Crippen LogP contribution in [0.25, 0.3) is 11.3 Å². The average Bonchev–Trinajstić information content (AvgIpc) is 2.35. The highest BCUT2D eigenvalue weighted by Gasteiger charge is 2.04. The van der Waals surface area contributed by atoms with Gasteiger partial charge in [-0.15, -0.1) is 0 Å². The Morgan fingerprint density at radius 2 is 1.89 bits per heavy atom. The Bertz CT molecular complexity index is 544. The summed E-state index contributed by atoms with van der Waals surface area (Å²) in [5, 5.41) is 0. The van der Waals surface area contributed by atoms with Crippen LogP contribution in [0.5, 0.6) is 0 Å². The Labute approximate surface area is 107 Å². The molecule has 2 heterocycles. The van der Waals surface area contributed by atoms with E-state index in [0.717, 1.165) is 5.69 Å². The molecule has 0 saturated carbocycles. The summed E-state index contributed by atoms with van der Waals surface area (Å²) >= 11 is 0. The summed E-state index contributed by atoms with van der Waals surface area (Å²) in [4.78, 5) is 20.0. The quantitative estimate of drug-likeness (QED) is 0.775. The fourth-order valence-electron chi connectivity index (χ4n) is 1.32. The Morgan fingerprint density at radius 1 is 1.22 bits per heavy atom. The minimum absolute atomic E-state index is 0.0596. The molecule has 0 aliphatic heterocycles. The first kappa shape index (κ1) is 14.1. The van der Waals surface area contributed by atoms with E-state index in [1.807, 2.05) is 13.0 Å². The van der Waals surface area contributed by atoms with Crippen molar-refractivity contribution >= 4 is 0 Å². The lowest BCUT2D eigenvalue weighted by Crippen LogP contribution is -2.17. The second kappa shape index (κ2) is 6.69. The van der Waals surface area contributed by atoms with Crippen molar-refractivity contribution in [3.8, 4) is 11.3 Å². The summed E-state index contributed by atoms with van der Waals surface area (Å²) in [6.07, 6.45) is 6.24. The van der Waals surface area contributed by atoms with Crippen molar-refractivity contribution in [2.75, 3.05) is 0 Å². The van der Waals surface area contributed by atoms with Crippen LogP contribution in [-0.4, -0.2) is 14.5 Å². The van der Waals surface area contributed by atoms with Crippen LogP contribution in [0.2, 0.25) is 0 Å². The predicted molar refractivity (Wildman–Crippen MR) is 73.4 cm³/mol. The van der Waals surface area contributed by atoms with Crippen molar-refractivity contribution in [2.45, 2.75) is 27.2 Å². The van der Waals surface area contributed by atoms with Gasteiger partial charge in [0.15, 0.2) is 0 Å². The topological polar surface area (TPSA) is 47.8 Å². The summed E-state index contributed by atoms with van der Waals surface area (Å²) in [6.45, 7) is 6.11. The van der Waals surface area contributed by atoms with Crippen LogP contribution in [0.4, 0.5) is 0 Å². The van der Waals surface area contributed by atoms with Crippen LogP contribution < -0.4 is 5.56 Å². The van der Waals surface area contributed by atoms with Crippen LogP contribution in [0, 0.1) is 6.92 Å². The number of nitrogens with zero attached hydrogens (tertiary/aromatic N) is 3. The Kier molecular flexibility index (Phi) is 5.24. The smallest absolute Gasteiger partial charge is 0.259 e. The lowest BCUT2D eigenvalue weighted by Gasteiger charge is -2.02. The van der Waals surface area contributed by atoms with Gasteiger partial charge in [-0.2, -0.15) is 0 Å². The normalized spacial score (nSPS) is 9.56. The molecule has 4 nitrogen and oxygen atoms in total. The number of hydrogen-bond donors (Lipinski definition) is 0. The molecule has 2 rings (SSSR count). The van der Waals surface area contributed by atoms with Crippen molar-refractivity contribution < 1.29 is 0 Å². The summed E-state index contributed by atoms with van der Waals surface area (Å²) in [5.74, 6) is 0. The zero-order valence-electron chi connectivity index (χ0n) is 11.3. The second-order valence-corrected chi connectivity index (χ2v) is 4.09. The lowest BCUT2D eigenvalue weighted by atomic mass is 10.2. The number of hydrogen-bond acceptors (Lipinski definition) is 3. The Balaban J connectivity index is 0.000000492. The minimum atomic E-state index is -0.0596. The van der Waals surface area contributed by atoms with Crippen LogP contribution in [0.1, 0.15) is 26.0 Å². The van der Waals surface area contributed by atoms with E-state index in [1.165, 1.54) is 11.0 Å². The summed E-state index contributed by atoms with van der Waals surface area (Å²) < 4.78 is 1.52. The molecule has 2 aromatic heterocycles. The van der Waals surface area contributed by atoms with Crippen LogP contribution in [-0.2, 0) is 7.05 Å². The molecular formula is C14H19N3O. The molecule has 0 amide bonds. The molecule has 0 radical (unpaired) electrons. The van der Waals surface area contributed by atoms with Crippen molar-refractivity contribution in [3.63, 3.8) is 0 Å².